The number of carbonyl (C=O) groups is 1. The first-order valence-electron chi connectivity index (χ1n) is 4.95. The van der Waals surface area contributed by atoms with Gasteiger partial charge in [0.2, 0.25) is 0 Å². The van der Waals surface area contributed by atoms with Crippen molar-refractivity contribution in [3.8, 4) is 0 Å². The summed E-state index contributed by atoms with van der Waals surface area (Å²) in [5.41, 5.74) is 0. The van der Waals surface area contributed by atoms with Crippen LogP contribution in [0.3, 0.4) is 0 Å². The van der Waals surface area contributed by atoms with Gasteiger partial charge in [-0.2, -0.15) is 0 Å². The van der Waals surface area contributed by atoms with Crippen LogP contribution in [0.25, 0.3) is 0 Å². The molecular formula is C9H18N2O2. The Kier molecular flexibility index (Phi) is 4.02. The molecule has 2 N–H and O–H groups in total. The fourth-order valence-corrected chi connectivity index (χ4v) is 1.71. The van der Waals surface area contributed by atoms with Gasteiger partial charge in [-0.25, -0.2) is 4.79 Å². The van der Waals surface area contributed by atoms with Crippen molar-refractivity contribution in [3.63, 3.8) is 0 Å². The third-order valence-corrected chi connectivity index (χ3v) is 2.43. The molecule has 1 heterocycles. The van der Waals surface area contributed by atoms with Crippen LogP contribution in [0, 0.1) is 0 Å². The Morgan fingerprint density at radius 3 is 3.00 bits per heavy atom. The number of rotatable bonds is 2. The number of likely N-dealkylation sites (tertiary alicyclic amines) is 1. The molecule has 1 aliphatic rings. The van der Waals surface area contributed by atoms with Gasteiger partial charge >= 0.3 is 6.03 Å². The lowest BCUT2D eigenvalue weighted by Crippen LogP contribution is -2.50. The summed E-state index contributed by atoms with van der Waals surface area (Å²) in [7, 11) is 0. The van der Waals surface area contributed by atoms with Gasteiger partial charge in [0, 0.05) is 13.1 Å². The number of nitrogens with one attached hydrogen (secondary N) is 1. The molecule has 0 bridgehead atoms. The monoisotopic (exact) mass is 186 g/mol. The molecule has 1 saturated heterocycles. The van der Waals surface area contributed by atoms with Crippen molar-refractivity contribution in [2.45, 2.75) is 32.2 Å². The molecule has 0 aromatic heterocycles. The highest BCUT2D eigenvalue weighted by atomic mass is 16.3. The number of nitrogens with zero attached hydrogens (tertiary/aromatic N) is 1. The van der Waals surface area contributed by atoms with E-state index in [-0.39, 0.29) is 18.7 Å². The van der Waals surface area contributed by atoms with Crippen molar-refractivity contribution in [3.05, 3.63) is 0 Å². The molecule has 1 rings (SSSR count). The molecule has 1 fully saturated rings. The minimum Gasteiger partial charge on any atom is -0.394 e. The summed E-state index contributed by atoms with van der Waals surface area (Å²) >= 11 is 0. The molecule has 0 spiro atoms. The Morgan fingerprint density at radius 2 is 2.38 bits per heavy atom. The van der Waals surface area contributed by atoms with Gasteiger partial charge in [0.25, 0.3) is 0 Å². The standard InChI is InChI=1S/C9H18N2O2/c1-2-10-9(13)11-6-4-3-5-8(11)7-12/h8,12H,2-7H2,1H3,(H,10,13). The lowest BCUT2D eigenvalue weighted by atomic mass is 10.0. The van der Waals surface area contributed by atoms with E-state index in [4.69, 9.17) is 5.11 Å². The summed E-state index contributed by atoms with van der Waals surface area (Å²) in [5.74, 6) is 0. The fourth-order valence-electron chi connectivity index (χ4n) is 1.71. The summed E-state index contributed by atoms with van der Waals surface area (Å²) in [4.78, 5) is 13.2. The molecule has 4 nitrogen and oxygen atoms in total. The van der Waals surface area contributed by atoms with Crippen LogP contribution >= 0.6 is 0 Å². The van der Waals surface area contributed by atoms with E-state index >= 15 is 0 Å². The number of carbonyl (C=O) groups excluding carboxylic acids is 1. The minimum absolute atomic E-state index is 0.0281. The highest BCUT2D eigenvalue weighted by Gasteiger charge is 2.25. The molecule has 0 saturated carbocycles. The van der Waals surface area contributed by atoms with Crippen LogP contribution in [0.4, 0.5) is 4.79 Å². The second kappa shape index (κ2) is 5.07. The first-order valence-corrected chi connectivity index (χ1v) is 4.95. The van der Waals surface area contributed by atoms with Crippen molar-refractivity contribution in [2.75, 3.05) is 19.7 Å². The number of piperidine rings is 1. The molecular weight excluding hydrogens is 168 g/mol. The fraction of sp³-hybridized carbons (Fsp3) is 0.889. The summed E-state index contributed by atoms with van der Waals surface area (Å²) in [6.45, 7) is 3.40. The molecule has 2 amide bonds. The lowest BCUT2D eigenvalue weighted by molar-refractivity contribution is 0.108. The summed E-state index contributed by atoms with van der Waals surface area (Å²) in [6.07, 6.45) is 3.09. The number of hydrogen-bond donors (Lipinski definition) is 2. The Morgan fingerprint density at radius 1 is 1.62 bits per heavy atom. The third kappa shape index (κ3) is 2.59. The molecule has 1 aliphatic heterocycles. The first-order chi connectivity index (χ1) is 6.29. The largest absolute Gasteiger partial charge is 0.394 e. The average Bonchev–Trinajstić information content (AvgIpc) is 2.18. The van der Waals surface area contributed by atoms with Crippen LogP contribution in [-0.4, -0.2) is 41.8 Å². The van der Waals surface area contributed by atoms with E-state index < -0.39 is 0 Å². The predicted octanol–water partition coefficient (Wildman–Crippen LogP) is 0.563. The summed E-state index contributed by atoms with van der Waals surface area (Å²) in [5, 5.41) is 11.8. The number of amides is 2. The van der Waals surface area contributed by atoms with Gasteiger partial charge in [0.15, 0.2) is 0 Å². The zero-order valence-corrected chi connectivity index (χ0v) is 8.12. The Hall–Kier alpha value is -0.770. The van der Waals surface area contributed by atoms with E-state index in [1.165, 1.54) is 0 Å². The molecule has 13 heavy (non-hydrogen) atoms. The number of urea groups is 1. The molecule has 1 unspecified atom stereocenters. The van der Waals surface area contributed by atoms with E-state index in [0.29, 0.717) is 6.54 Å². The van der Waals surface area contributed by atoms with Gasteiger partial charge in [-0.3, -0.25) is 0 Å². The van der Waals surface area contributed by atoms with Crippen LogP contribution in [0.2, 0.25) is 0 Å². The molecule has 0 aromatic carbocycles. The number of aliphatic hydroxyl groups is 1. The molecule has 1 atom stereocenters. The van der Waals surface area contributed by atoms with Crippen molar-refractivity contribution in [2.24, 2.45) is 0 Å². The van der Waals surface area contributed by atoms with Crippen LogP contribution in [0.15, 0.2) is 0 Å². The van der Waals surface area contributed by atoms with Crippen LogP contribution in [0.5, 0.6) is 0 Å². The van der Waals surface area contributed by atoms with Gasteiger partial charge in [0.1, 0.15) is 0 Å². The maximum Gasteiger partial charge on any atom is 0.317 e. The maximum atomic E-state index is 11.5. The Labute approximate surface area is 78.9 Å². The van der Waals surface area contributed by atoms with Gasteiger partial charge in [-0.15, -0.1) is 0 Å². The smallest absolute Gasteiger partial charge is 0.317 e. The average molecular weight is 186 g/mol. The lowest BCUT2D eigenvalue weighted by Gasteiger charge is -2.34. The normalized spacial score (nSPS) is 22.9. The molecule has 0 radical (unpaired) electrons. The second-order valence-electron chi connectivity index (χ2n) is 3.36. The van der Waals surface area contributed by atoms with Crippen molar-refractivity contribution in [1.29, 1.82) is 0 Å². The summed E-state index contributed by atoms with van der Waals surface area (Å²) in [6, 6.07) is -0.0125. The van der Waals surface area contributed by atoms with E-state index in [9.17, 15) is 4.79 Å². The van der Waals surface area contributed by atoms with Crippen molar-refractivity contribution >= 4 is 6.03 Å². The third-order valence-electron chi connectivity index (χ3n) is 2.43. The Balaban J connectivity index is 2.48. The highest BCUT2D eigenvalue weighted by molar-refractivity contribution is 5.74. The zero-order chi connectivity index (χ0) is 9.68. The molecule has 0 aliphatic carbocycles. The first kappa shape index (κ1) is 10.3. The predicted molar refractivity (Wildman–Crippen MR) is 50.5 cm³/mol. The van der Waals surface area contributed by atoms with E-state index in [0.717, 1.165) is 25.8 Å². The number of aliphatic hydroxyl groups excluding tert-OH is 1. The topological polar surface area (TPSA) is 52.6 Å². The number of hydrogen-bond acceptors (Lipinski definition) is 2. The van der Waals surface area contributed by atoms with Gasteiger partial charge in [-0.1, -0.05) is 0 Å². The van der Waals surface area contributed by atoms with Gasteiger partial charge < -0.3 is 15.3 Å². The van der Waals surface area contributed by atoms with Crippen molar-refractivity contribution < 1.29 is 9.90 Å². The summed E-state index contributed by atoms with van der Waals surface area (Å²) < 4.78 is 0. The van der Waals surface area contributed by atoms with Crippen LogP contribution < -0.4 is 5.32 Å². The van der Waals surface area contributed by atoms with Gasteiger partial charge in [-0.05, 0) is 26.2 Å². The van der Waals surface area contributed by atoms with E-state index in [1.807, 2.05) is 6.92 Å². The quantitative estimate of drug-likeness (QED) is 0.662. The van der Waals surface area contributed by atoms with Crippen LogP contribution in [-0.2, 0) is 0 Å². The minimum atomic E-state index is -0.0405. The van der Waals surface area contributed by atoms with Crippen molar-refractivity contribution in [1.82, 2.24) is 10.2 Å². The maximum absolute atomic E-state index is 11.5. The molecule has 0 aromatic rings. The highest BCUT2D eigenvalue weighted by Crippen LogP contribution is 2.16. The molecule has 76 valence electrons. The SMILES string of the molecule is CCNC(=O)N1CCCCC1CO. The molecule has 4 heteroatoms. The van der Waals surface area contributed by atoms with Crippen LogP contribution in [0.1, 0.15) is 26.2 Å². The second-order valence-corrected chi connectivity index (χ2v) is 3.36. The van der Waals surface area contributed by atoms with Gasteiger partial charge in [0.05, 0.1) is 12.6 Å². The van der Waals surface area contributed by atoms with E-state index in [2.05, 4.69) is 5.32 Å². The Bertz CT molecular complexity index is 173. The van der Waals surface area contributed by atoms with E-state index in [1.54, 1.807) is 4.90 Å². The zero-order valence-electron chi connectivity index (χ0n) is 8.12.